The second kappa shape index (κ2) is 9.07. The van der Waals surface area contributed by atoms with Crippen LogP contribution in [0.1, 0.15) is 78.0 Å². The first kappa shape index (κ1) is 26.7. The summed E-state index contributed by atoms with van der Waals surface area (Å²) in [7, 11) is 1.29. The standard InChI is InChI=1S/C28H23NO11/c1-8-4-11-18(25(35)16(8)27(37)29-9(2)28(38)39)19-13(24(34)23(11)33)7-14-20(26(19)36)22(32)12-5-10(40-3)6-15(30)17(12)21(14)31/h4-7,9,23-24,30,33-36H,1-3H3,(H,29,37)(H,38,39)/t9-,23-,24+/m1/s1. The molecule has 2 aliphatic rings. The molecular formula is C28H23NO11. The fraction of sp³-hybridized carbons (Fsp3) is 0.214. The molecule has 206 valence electrons. The third-order valence-electron chi connectivity index (χ3n) is 7.26. The van der Waals surface area contributed by atoms with E-state index in [2.05, 4.69) is 5.32 Å². The Morgan fingerprint density at radius 2 is 1.40 bits per heavy atom. The number of hydrogen-bond donors (Lipinski definition) is 7. The van der Waals surface area contributed by atoms with Crippen LogP contribution in [0.3, 0.4) is 0 Å². The Labute approximate surface area is 225 Å². The number of benzene rings is 3. The van der Waals surface area contributed by atoms with Crippen LogP contribution in [0.15, 0.2) is 24.3 Å². The normalized spacial score (nSPS) is 17.7. The molecule has 0 fully saturated rings. The summed E-state index contributed by atoms with van der Waals surface area (Å²) in [6, 6.07) is 3.41. The highest BCUT2D eigenvalue weighted by atomic mass is 16.5. The van der Waals surface area contributed by atoms with E-state index >= 15 is 0 Å². The largest absolute Gasteiger partial charge is 0.507 e. The molecule has 1 amide bonds. The first-order valence-electron chi connectivity index (χ1n) is 12.0. The van der Waals surface area contributed by atoms with Crippen molar-refractivity contribution in [2.75, 3.05) is 7.11 Å². The van der Waals surface area contributed by atoms with Crippen molar-refractivity contribution in [3.63, 3.8) is 0 Å². The Morgan fingerprint density at radius 3 is 2.00 bits per heavy atom. The average molecular weight is 549 g/mol. The number of aliphatic hydroxyl groups excluding tert-OH is 2. The van der Waals surface area contributed by atoms with Crippen LogP contribution in [0.5, 0.6) is 23.0 Å². The predicted molar refractivity (Wildman–Crippen MR) is 136 cm³/mol. The van der Waals surface area contributed by atoms with Crippen LogP contribution in [0.25, 0.3) is 11.1 Å². The summed E-state index contributed by atoms with van der Waals surface area (Å²) in [5, 5.41) is 66.4. The lowest BCUT2D eigenvalue weighted by Gasteiger charge is -2.33. The zero-order valence-electron chi connectivity index (χ0n) is 21.3. The minimum atomic E-state index is -1.72. The summed E-state index contributed by atoms with van der Waals surface area (Å²) in [6.07, 6.45) is -3.41. The number of amides is 1. The molecule has 0 unspecified atom stereocenters. The molecule has 3 aromatic carbocycles. The van der Waals surface area contributed by atoms with Gasteiger partial charge in [-0.05, 0) is 42.7 Å². The van der Waals surface area contributed by atoms with Crippen molar-refractivity contribution in [2.24, 2.45) is 0 Å². The van der Waals surface area contributed by atoms with Gasteiger partial charge in [0.25, 0.3) is 5.91 Å². The van der Waals surface area contributed by atoms with Crippen LogP contribution in [-0.4, -0.2) is 67.2 Å². The second-order valence-corrected chi connectivity index (χ2v) is 9.64. The minimum Gasteiger partial charge on any atom is -0.507 e. The summed E-state index contributed by atoms with van der Waals surface area (Å²) in [5.74, 6) is -6.02. The molecule has 3 aromatic rings. The first-order valence-corrected chi connectivity index (χ1v) is 12.0. The number of phenols is 3. The van der Waals surface area contributed by atoms with Gasteiger partial charge in [-0.1, -0.05) is 6.07 Å². The van der Waals surface area contributed by atoms with Gasteiger partial charge in [-0.15, -0.1) is 0 Å². The van der Waals surface area contributed by atoms with Crippen molar-refractivity contribution < 1.29 is 54.6 Å². The number of fused-ring (bicyclic) bond motifs is 5. The number of ketones is 2. The highest BCUT2D eigenvalue weighted by molar-refractivity contribution is 6.31. The molecule has 2 aliphatic carbocycles. The third-order valence-corrected chi connectivity index (χ3v) is 7.26. The van der Waals surface area contributed by atoms with Crippen molar-refractivity contribution >= 4 is 23.4 Å². The molecule has 0 spiro atoms. The van der Waals surface area contributed by atoms with Crippen molar-refractivity contribution in [1.29, 1.82) is 0 Å². The number of aromatic hydroxyl groups is 3. The Kier molecular flexibility index (Phi) is 6.05. The number of carbonyl (C=O) groups excluding carboxylic acids is 3. The van der Waals surface area contributed by atoms with Crippen LogP contribution < -0.4 is 10.1 Å². The molecule has 0 bridgehead atoms. The number of hydrogen-bond acceptors (Lipinski definition) is 10. The second-order valence-electron chi connectivity index (χ2n) is 9.64. The van der Waals surface area contributed by atoms with E-state index in [1.165, 1.54) is 33.1 Å². The van der Waals surface area contributed by atoms with Gasteiger partial charge in [0, 0.05) is 28.3 Å². The summed E-state index contributed by atoms with van der Waals surface area (Å²) in [6.45, 7) is 2.63. The van der Waals surface area contributed by atoms with Gasteiger partial charge in [0.2, 0.25) is 0 Å². The van der Waals surface area contributed by atoms with E-state index in [-0.39, 0.29) is 55.8 Å². The van der Waals surface area contributed by atoms with E-state index in [0.29, 0.717) is 0 Å². The number of aryl methyl sites for hydroxylation is 1. The fourth-order valence-corrected chi connectivity index (χ4v) is 5.28. The lowest BCUT2D eigenvalue weighted by molar-refractivity contribution is -0.138. The van der Waals surface area contributed by atoms with Crippen molar-refractivity contribution in [1.82, 2.24) is 5.32 Å². The lowest BCUT2D eigenvalue weighted by Crippen LogP contribution is -2.38. The number of rotatable bonds is 4. The third kappa shape index (κ3) is 3.61. The van der Waals surface area contributed by atoms with Gasteiger partial charge >= 0.3 is 5.97 Å². The van der Waals surface area contributed by atoms with Gasteiger partial charge < -0.3 is 40.7 Å². The number of aliphatic carboxylic acids is 1. The number of phenolic OH excluding ortho intramolecular Hbond substituents is 3. The Balaban J connectivity index is 1.79. The summed E-state index contributed by atoms with van der Waals surface area (Å²) in [5.41, 5.74) is -2.56. The predicted octanol–water partition coefficient (Wildman–Crippen LogP) is 1.85. The van der Waals surface area contributed by atoms with Crippen LogP contribution >= 0.6 is 0 Å². The van der Waals surface area contributed by atoms with Gasteiger partial charge in [-0.2, -0.15) is 0 Å². The molecule has 0 saturated heterocycles. The highest BCUT2D eigenvalue weighted by Crippen LogP contribution is 2.55. The van der Waals surface area contributed by atoms with Gasteiger partial charge in [0.05, 0.1) is 23.8 Å². The molecule has 0 heterocycles. The summed E-state index contributed by atoms with van der Waals surface area (Å²) >= 11 is 0. The molecule has 7 N–H and O–H groups in total. The maximum atomic E-state index is 13.6. The molecule has 0 saturated carbocycles. The molecular weight excluding hydrogens is 526 g/mol. The molecule has 0 aromatic heterocycles. The quantitative estimate of drug-likeness (QED) is 0.195. The van der Waals surface area contributed by atoms with Crippen LogP contribution in [0.2, 0.25) is 0 Å². The number of carboxylic acids is 1. The van der Waals surface area contributed by atoms with E-state index in [9.17, 15) is 44.7 Å². The highest BCUT2D eigenvalue weighted by Gasteiger charge is 2.43. The molecule has 0 aliphatic heterocycles. The monoisotopic (exact) mass is 549 g/mol. The number of methoxy groups -OCH3 is 1. The van der Waals surface area contributed by atoms with E-state index in [1.807, 2.05) is 0 Å². The minimum absolute atomic E-state index is 0.0709. The van der Waals surface area contributed by atoms with E-state index in [1.54, 1.807) is 0 Å². The summed E-state index contributed by atoms with van der Waals surface area (Å²) in [4.78, 5) is 51.2. The average Bonchev–Trinajstić information content (AvgIpc) is 2.89. The van der Waals surface area contributed by atoms with Crippen LogP contribution in [0.4, 0.5) is 0 Å². The number of aliphatic hydroxyl groups is 2. The maximum Gasteiger partial charge on any atom is 0.325 e. The molecule has 5 rings (SSSR count). The Morgan fingerprint density at radius 1 is 0.850 bits per heavy atom. The van der Waals surface area contributed by atoms with Crippen molar-refractivity contribution in [3.05, 3.63) is 68.8 Å². The summed E-state index contributed by atoms with van der Waals surface area (Å²) < 4.78 is 5.08. The van der Waals surface area contributed by atoms with E-state index in [4.69, 9.17) is 9.84 Å². The number of ether oxygens (including phenoxy) is 1. The Hall–Kier alpha value is -4.94. The Bertz CT molecular complexity index is 1690. The van der Waals surface area contributed by atoms with Gasteiger partial charge in [0.1, 0.15) is 41.2 Å². The van der Waals surface area contributed by atoms with Gasteiger partial charge in [0.15, 0.2) is 11.6 Å². The molecule has 12 nitrogen and oxygen atoms in total. The van der Waals surface area contributed by atoms with Gasteiger partial charge in [-0.25, -0.2) is 0 Å². The van der Waals surface area contributed by atoms with Crippen LogP contribution in [0, 0.1) is 6.92 Å². The smallest absolute Gasteiger partial charge is 0.325 e. The van der Waals surface area contributed by atoms with Crippen LogP contribution in [-0.2, 0) is 4.79 Å². The molecule has 40 heavy (non-hydrogen) atoms. The van der Waals surface area contributed by atoms with Crippen molar-refractivity contribution in [3.8, 4) is 34.1 Å². The molecule has 3 atom stereocenters. The molecule has 12 heteroatoms. The SMILES string of the molecule is COc1cc(O)c2c(c1)C(=O)c1c(cc3c(c1O)-c1c(cc(C)c(C(=O)N[C@H](C)C(=O)O)c1O)[C@@H](O)[C@H]3O)C2=O. The zero-order chi connectivity index (χ0) is 29.4. The number of nitrogens with one attached hydrogen (secondary N) is 1. The topological polar surface area (TPSA) is 211 Å². The lowest BCUT2D eigenvalue weighted by atomic mass is 9.74. The fourth-order valence-electron chi connectivity index (χ4n) is 5.28. The van der Waals surface area contributed by atoms with E-state index < -0.39 is 64.5 Å². The number of carboxylic acid groups (broad SMARTS) is 1. The first-order chi connectivity index (χ1) is 18.8. The number of carbonyl (C=O) groups is 4. The zero-order valence-corrected chi connectivity index (χ0v) is 21.3. The van der Waals surface area contributed by atoms with E-state index in [0.717, 1.165) is 12.1 Å². The molecule has 0 radical (unpaired) electrons. The maximum absolute atomic E-state index is 13.6. The van der Waals surface area contributed by atoms with Crippen molar-refractivity contribution in [2.45, 2.75) is 32.1 Å². The van der Waals surface area contributed by atoms with Gasteiger partial charge in [-0.3, -0.25) is 19.2 Å².